The van der Waals surface area contributed by atoms with Gasteiger partial charge in [-0.25, -0.2) is 4.39 Å². The van der Waals surface area contributed by atoms with Crippen LogP contribution in [0.25, 0.3) is 0 Å². The van der Waals surface area contributed by atoms with E-state index in [-0.39, 0.29) is 62.3 Å². The highest BCUT2D eigenvalue weighted by Gasteiger charge is 2.34. The number of hydrogen-bond donors (Lipinski definition) is 2. The smallest absolute Gasteiger partial charge is 0.258 e. The van der Waals surface area contributed by atoms with E-state index in [1.54, 1.807) is 47.4 Å². The number of amides is 3. The van der Waals surface area contributed by atoms with Gasteiger partial charge in [0, 0.05) is 56.9 Å². The maximum Gasteiger partial charge on any atom is 0.258 e. The van der Waals surface area contributed by atoms with Crippen molar-refractivity contribution in [2.24, 2.45) is 0 Å². The number of benzene rings is 3. The van der Waals surface area contributed by atoms with E-state index in [9.17, 15) is 23.6 Å². The van der Waals surface area contributed by atoms with Crippen molar-refractivity contribution in [3.05, 3.63) is 89.2 Å². The molecule has 3 amide bonds. The van der Waals surface area contributed by atoms with Gasteiger partial charge in [-0.2, -0.15) is 0 Å². The molecular formula is C35H38FN3O7. The van der Waals surface area contributed by atoms with E-state index in [1.165, 1.54) is 19.2 Å². The lowest BCUT2D eigenvalue weighted by molar-refractivity contribution is -0.135. The van der Waals surface area contributed by atoms with Gasteiger partial charge < -0.3 is 29.7 Å². The summed E-state index contributed by atoms with van der Waals surface area (Å²) in [7, 11) is 1.50. The van der Waals surface area contributed by atoms with Gasteiger partial charge in [-0.05, 0) is 48.2 Å². The first-order valence-corrected chi connectivity index (χ1v) is 15.5. The number of methoxy groups -OCH3 is 1. The van der Waals surface area contributed by atoms with Crippen molar-refractivity contribution in [1.29, 1.82) is 0 Å². The average Bonchev–Trinajstić information content (AvgIpc) is 3.06. The molecule has 2 aliphatic rings. The SMILES string of the molecule is COc1ccc2cc1OCC(=O)N[C@@H]1CN(C(=O)CCCC(=O)c3ccccc3)CC[C@H]1Oc1cc(F)cc(c1)CNC(=O)CC2. The molecule has 10 nitrogen and oxygen atoms in total. The van der Waals surface area contributed by atoms with Crippen LogP contribution < -0.4 is 24.8 Å². The number of aryl methyl sites for hydroxylation is 1. The van der Waals surface area contributed by atoms with Crippen LogP contribution in [0.15, 0.2) is 66.7 Å². The molecule has 3 aromatic rings. The molecule has 3 aromatic carbocycles. The number of carbonyl (C=O) groups excluding carboxylic acids is 4. The van der Waals surface area contributed by atoms with E-state index in [2.05, 4.69) is 10.6 Å². The summed E-state index contributed by atoms with van der Waals surface area (Å²) >= 11 is 0. The summed E-state index contributed by atoms with van der Waals surface area (Å²) in [6, 6.07) is 17.9. The maximum absolute atomic E-state index is 14.6. The lowest BCUT2D eigenvalue weighted by Crippen LogP contribution is -2.58. The highest BCUT2D eigenvalue weighted by atomic mass is 19.1. The first-order valence-electron chi connectivity index (χ1n) is 15.5. The quantitative estimate of drug-likeness (QED) is 0.395. The third-order valence-corrected chi connectivity index (χ3v) is 8.07. The average molecular weight is 632 g/mol. The predicted octanol–water partition coefficient (Wildman–Crippen LogP) is 3.99. The second kappa shape index (κ2) is 15.4. The Bertz CT molecular complexity index is 1560. The Morgan fingerprint density at radius 3 is 2.61 bits per heavy atom. The molecule has 2 heterocycles. The minimum atomic E-state index is -0.627. The molecule has 5 rings (SSSR count). The van der Waals surface area contributed by atoms with E-state index < -0.39 is 23.9 Å². The van der Waals surface area contributed by atoms with Gasteiger partial charge in [-0.3, -0.25) is 19.2 Å². The first kappa shape index (κ1) is 32.5. The molecule has 0 aliphatic carbocycles. The Balaban J connectivity index is 1.31. The summed E-state index contributed by atoms with van der Waals surface area (Å²) in [4.78, 5) is 53.1. The van der Waals surface area contributed by atoms with Crippen LogP contribution in [-0.2, 0) is 27.3 Å². The number of likely N-dealkylation sites (tertiary alicyclic amines) is 1. The number of nitrogens with one attached hydrogen (secondary N) is 2. The number of carbonyl (C=O) groups is 4. The third-order valence-electron chi connectivity index (χ3n) is 8.07. The molecule has 2 atom stereocenters. The van der Waals surface area contributed by atoms with Crippen molar-refractivity contribution in [1.82, 2.24) is 15.5 Å². The van der Waals surface area contributed by atoms with Gasteiger partial charge in [0.1, 0.15) is 17.7 Å². The highest BCUT2D eigenvalue weighted by Crippen LogP contribution is 2.29. The maximum atomic E-state index is 14.6. The van der Waals surface area contributed by atoms with Gasteiger partial charge >= 0.3 is 0 Å². The van der Waals surface area contributed by atoms with Crippen molar-refractivity contribution in [2.45, 2.75) is 57.2 Å². The number of piperidine rings is 1. The number of ketones is 1. The molecule has 4 bridgehead atoms. The number of hydrogen-bond acceptors (Lipinski definition) is 7. The number of fused-ring (bicyclic) bond motifs is 5. The fraction of sp³-hybridized carbons (Fsp3) is 0.371. The Kier molecular flexibility index (Phi) is 10.9. The fourth-order valence-corrected chi connectivity index (χ4v) is 5.66. The third kappa shape index (κ3) is 8.83. The topological polar surface area (TPSA) is 123 Å². The van der Waals surface area contributed by atoms with Crippen LogP contribution in [-0.4, -0.2) is 67.4 Å². The molecule has 0 radical (unpaired) electrons. The minimum absolute atomic E-state index is 0.0205. The standard InChI is InChI=1S/C35H38FN3O7/c1-44-31-12-10-23-11-13-33(41)37-20-24-16-26(36)19-27(17-24)46-30-14-15-39(21-28(30)38-34(42)22-45-32(31)18-23)35(43)9-5-8-29(40)25-6-3-2-4-7-25/h2-4,6-7,10,12,16-19,28,30H,5,8-9,11,13-15,20-22H2,1H3,(H,37,41)(H,38,42)/t28-,30-/m1/s1. The van der Waals surface area contributed by atoms with E-state index in [4.69, 9.17) is 14.2 Å². The summed E-state index contributed by atoms with van der Waals surface area (Å²) in [6.45, 7) is 0.313. The molecule has 2 aliphatic heterocycles. The number of rotatable bonds is 6. The number of nitrogens with zero attached hydrogens (tertiary/aromatic N) is 1. The lowest BCUT2D eigenvalue weighted by Gasteiger charge is -2.39. The molecule has 0 saturated carbocycles. The van der Waals surface area contributed by atoms with Gasteiger partial charge in [0.05, 0.1) is 13.2 Å². The summed E-state index contributed by atoms with van der Waals surface area (Å²) < 4.78 is 32.0. The van der Waals surface area contributed by atoms with Crippen LogP contribution in [0, 0.1) is 5.82 Å². The lowest BCUT2D eigenvalue weighted by atomic mass is 10.00. The van der Waals surface area contributed by atoms with Crippen molar-refractivity contribution in [3.63, 3.8) is 0 Å². The molecule has 1 fully saturated rings. The summed E-state index contributed by atoms with van der Waals surface area (Å²) in [6.07, 6.45) is 1.25. The predicted molar refractivity (Wildman–Crippen MR) is 167 cm³/mol. The van der Waals surface area contributed by atoms with Crippen LogP contribution >= 0.6 is 0 Å². The molecule has 242 valence electrons. The Morgan fingerprint density at radius 1 is 0.978 bits per heavy atom. The van der Waals surface area contributed by atoms with Gasteiger partial charge in [0.2, 0.25) is 11.8 Å². The molecule has 0 aromatic heterocycles. The second-order valence-electron chi connectivity index (χ2n) is 11.4. The summed E-state index contributed by atoms with van der Waals surface area (Å²) in [5, 5.41) is 5.78. The number of halogens is 1. The molecule has 2 N–H and O–H groups in total. The normalized spacial score (nSPS) is 18.8. The highest BCUT2D eigenvalue weighted by molar-refractivity contribution is 5.96. The molecule has 0 unspecified atom stereocenters. The molecule has 0 spiro atoms. The Hall–Kier alpha value is -4.93. The zero-order chi connectivity index (χ0) is 32.5. The van der Waals surface area contributed by atoms with E-state index in [0.717, 1.165) is 5.56 Å². The van der Waals surface area contributed by atoms with Crippen molar-refractivity contribution >= 4 is 23.5 Å². The van der Waals surface area contributed by atoms with Crippen LogP contribution in [0.3, 0.4) is 0 Å². The summed E-state index contributed by atoms with van der Waals surface area (Å²) in [5.74, 6) is -0.250. The zero-order valence-corrected chi connectivity index (χ0v) is 25.8. The first-order chi connectivity index (χ1) is 22.3. The zero-order valence-electron chi connectivity index (χ0n) is 25.8. The number of ether oxygens (including phenoxy) is 3. The van der Waals surface area contributed by atoms with Crippen LogP contribution in [0.2, 0.25) is 0 Å². The van der Waals surface area contributed by atoms with Gasteiger partial charge in [0.15, 0.2) is 23.9 Å². The Labute approximate surface area is 267 Å². The van der Waals surface area contributed by atoms with Crippen molar-refractivity contribution in [3.8, 4) is 17.2 Å². The van der Waals surface area contributed by atoms with Crippen molar-refractivity contribution in [2.75, 3.05) is 26.8 Å². The molecule has 1 saturated heterocycles. The largest absolute Gasteiger partial charge is 0.493 e. The van der Waals surface area contributed by atoms with E-state index in [0.29, 0.717) is 48.4 Å². The molecule has 46 heavy (non-hydrogen) atoms. The molecular weight excluding hydrogens is 593 g/mol. The van der Waals surface area contributed by atoms with Crippen molar-refractivity contribution < 1.29 is 37.8 Å². The molecule has 11 heteroatoms. The van der Waals surface area contributed by atoms with E-state index in [1.807, 2.05) is 12.1 Å². The summed E-state index contributed by atoms with van der Waals surface area (Å²) in [5.41, 5.74) is 1.96. The monoisotopic (exact) mass is 631 g/mol. The second-order valence-corrected chi connectivity index (χ2v) is 11.4. The fourth-order valence-electron chi connectivity index (χ4n) is 5.66. The van der Waals surface area contributed by atoms with Gasteiger partial charge in [0.25, 0.3) is 5.91 Å². The Morgan fingerprint density at radius 2 is 1.80 bits per heavy atom. The number of Topliss-reactive ketones (excluding diaryl/α,β-unsaturated/α-hetero) is 1. The van der Waals surface area contributed by atoms with Gasteiger partial charge in [-0.1, -0.05) is 36.4 Å². The van der Waals surface area contributed by atoms with Crippen LogP contribution in [0.4, 0.5) is 4.39 Å². The minimum Gasteiger partial charge on any atom is -0.493 e. The van der Waals surface area contributed by atoms with Crippen LogP contribution in [0.5, 0.6) is 17.2 Å². The van der Waals surface area contributed by atoms with E-state index >= 15 is 0 Å². The van der Waals surface area contributed by atoms with Crippen LogP contribution in [0.1, 0.15) is 53.6 Å². The van der Waals surface area contributed by atoms with Gasteiger partial charge in [-0.15, -0.1) is 0 Å².